The predicted octanol–water partition coefficient (Wildman–Crippen LogP) is -0.936. The van der Waals surface area contributed by atoms with Gasteiger partial charge >= 0.3 is 0 Å². The molecule has 0 radical (unpaired) electrons. The van der Waals surface area contributed by atoms with Crippen molar-refractivity contribution in [2.75, 3.05) is 19.2 Å². The third-order valence-electron chi connectivity index (χ3n) is 3.38. The predicted molar refractivity (Wildman–Crippen MR) is 74.0 cm³/mol. The number of imidazole rings is 1. The average molecular weight is 332 g/mol. The van der Waals surface area contributed by atoms with Crippen LogP contribution in [0.3, 0.4) is 0 Å². The number of hydrogen-bond donors (Lipinski definition) is 4. The van der Waals surface area contributed by atoms with E-state index in [1.54, 1.807) is 0 Å². The lowest BCUT2D eigenvalue weighted by Crippen LogP contribution is -2.33. The lowest BCUT2D eigenvalue weighted by Gasteiger charge is -2.16. The van der Waals surface area contributed by atoms with Gasteiger partial charge in [0.25, 0.3) is 0 Å². The van der Waals surface area contributed by atoms with Crippen molar-refractivity contribution in [3.8, 4) is 0 Å². The first-order valence-corrected chi connectivity index (χ1v) is 6.76. The smallest absolute Gasteiger partial charge is 0.226 e. The number of fused-ring (bicyclic) bond motifs is 1. The van der Waals surface area contributed by atoms with Gasteiger partial charge in [-0.2, -0.15) is 9.97 Å². The number of nitrogens with zero attached hydrogens (tertiary/aromatic N) is 4. The SMILES string of the molecule is CONc1nc(Cl)nc2c1ncn2C1OC(CO)C(O)C1O. The van der Waals surface area contributed by atoms with Crippen molar-refractivity contribution in [3.63, 3.8) is 0 Å². The Morgan fingerprint density at radius 2 is 2.18 bits per heavy atom. The molecule has 1 aliphatic rings. The van der Waals surface area contributed by atoms with E-state index in [9.17, 15) is 10.2 Å². The molecule has 3 heterocycles. The van der Waals surface area contributed by atoms with Gasteiger partial charge in [0, 0.05) is 0 Å². The summed E-state index contributed by atoms with van der Waals surface area (Å²) in [6, 6.07) is 0. The summed E-state index contributed by atoms with van der Waals surface area (Å²) in [6.45, 7) is -0.423. The Labute approximate surface area is 129 Å². The van der Waals surface area contributed by atoms with Crippen molar-refractivity contribution in [2.45, 2.75) is 24.5 Å². The third kappa shape index (κ3) is 2.39. The minimum absolute atomic E-state index is 0.0551. The number of nitrogens with one attached hydrogen (secondary N) is 1. The molecule has 4 N–H and O–H groups in total. The van der Waals surface area contributed by atoms with E-state index in [1.807, 2.05) is 0 Å². The zero-order valence-electron chi connectivity index (χ0n) is 11.4. The molecule has 1 aliphatic heterocycles. The highest BCUT2D eigenvalue weighted by Gasteiger charge is 2.44. The Morgan fingerprint density at radius 3 is 2.82 bits per heavy atom. The van der Waals surface area contributed by atoms with Crippen molar-refractivity contribution in [3.05, 3.63) is 11.6 Å². The van der Waals surface area contributed by atoms with E-state index in [1.165, 1.54) is 18.0 Å². The summed E-state index contributed by atoms with van der Waals surface area (Å²) in [5.74, 6) is 0.253. The summed E-state index contributed by atoms with van der Waals surface area (Å²) in [4.78, 5) is 16.9. The lowest BCUT2D eigenvalue weighted by molar-refractivity contribution is -0.0511. The molecule has 2 aromatic rings. The van der Waals surface area contributed by atoms with Gasteiger partial charge in [-0.3, -0.25) is 9.40 Å². The zero-order valence-corrected chi connectivity index (χ0v) is 12.2. The van der Waals surface area contributed by atoms with Gasteiger partial charge in [-0.25, -0.2) is 10.5 Å². The molecular weight excluding hydrogens is 318 g/mol. The molecule has 0 spiro atoms. The van der Waals surface area contributed by atoms with E-state index in [0.29, 0.717) is 5.52 Å². The maximum absolute atomic E-state index is 10.1. The van der Waals surface area contributed by atoms with Gasteiger partial charge < -0.3 is 20.1 Å². The molecule has 2 aromatic heterocycles. The van der Waals surface area contributed by atoms with Crippen molar-refractivity contribution >= 4 is 28.6 Å². The molecule has 0 aliphatic carbocycles. The number of anilines is 1. The standard InChI is InChI=1S/C11H14ClN5O5/c1-21-16-8-5-9(15-11(12)14-8)17(3-13-5)10-7(20)6(19)4(2-18)22-10/h3-4,6-7,10,18-20H,2H2,1H3,(H,14,15,16). The number of halogens is 1. The lowest BCUT2D eigenvalue weighted by atomic mass is 10.1. The van der Waals surface area contributed by atoms with Crippen LogP contribution in [0, 0.1) is 0 Å². The Morgan fingerprint density at radius 1 is 1.41 bits per heavy atom. The minimum atomic E-state index is -1.25. The number of ether oxygens (including phenoxy) is 1. The molecule has 1 saturated heterocycles. The second kappa shape index (κ2) is 5.91. The highest BCUT2D eigenvalue weighted by molar-refractivity contribution is 6.28. The molecular formula is C11H14ClN5O5. The first-order chi connectivity index (χ1) is 10.6. The van der Waals surface area contributed by atoms with Crippen LogP contribution < -0.4 is 5.48 Å². The summed E-state index contributed by atoms with van der Waals surface area (Å²) in [7, 11) is 1.41. The average Bonchev–Trinajstić information content (AvgIpc) is 3.02. The quantitative estimate of drug-likeness (QED) is 0.413. The molecule has 11 heteroatoms. The summed E-state index contributed by atoms with van der Waals surface area (Å²) in [6.07, 6.45) is -2.95. The molecule has 0 aromatic carbocycles. The van der Waals surface area contributed by atoms with Gasteiger partial charge in [0.1, 0.15) is 18.3 Å². The fourth-order valence-electron chi connectivity index (χ4n) is 2.35. The van der Waals surface area contributed by atoms with Gasteiger partial charge in [-0.1, -0.05) is 0 Å². The Balaban J connectivity index is 2.05. The number of rotatable bonds is 4. The van der Waals surface area contributed by atoms with E-state index in [2.05, 4.69) is 20.4 Å². The monoisotopic (exact) mass is 331 g/mol. The normalized spacial score (nSPS) is 28.4. The van der Waals surface area contributed by atoms with Crippen LogP contribution in [0.2, 0.25) is 5.28 Å². The second-order valence-corrected chi connectivity index (χ2v) is 5.04. The van der Waals surface area contributed by atoms with Crippen molar-refractivity contribution in [1.29, 1.82) is 0 Å². The van der Waals surface area contributed by atoms with E-state index in [-0.39, 0.29) is 16.7 Å². The topological polar surface area (TPSA) is 135 Å². The first kappa shape index (κ1) is 15.3. The molecule has 120 valence electrons. The van der Waals surface area contributed by atoms with Crippen LogP contribution in [-0.2, 0) is 9.57 Å². The molecule has 22 heavy (non-hydrogen) atoms. The van der Waals surface area contributed by atoms with Gasteiger partial charge in [0.2, 0.25) is 5.28 Å². The van der Waals surface area contributed by atoms with Gasteiger partial charge in [0.15, 0.2) is 23.2 Å². The van der Waals surface area contributed by atoms with Crippen molar-refractivity contribution in [1.82, 2.24) is 19.5 Å². The number of aromatic nitrogens is 4. The highest BCUT2D eigenvalue weighted by Crippen LogP contribution is 2.32. The molecule has 0 amide bonds. The number of hydrogen-bond acceptors (Lipinski definition) is 9. The van der Waals surface area contributed by atoms with Gasteiger partial charge in [0.05, 0.1) is 20.0 Å². The van der Waals surface area contributed by atoms with Gasteiger partial charge in [-0.05, 0) is 11.6 Å². The fourth-order valence-corrected chi connectivity index (χ4v) is 2.52. The van der Waals surface area contributed by atoms with E-state index >= 15 is 0 Å². The number of aliphatic hydroxyl groups excluding tert-OH is 3. The number of aliphatic hydroxyl groups is 3. The summed E-state index contributed by atoms with van der Waals surface area (Å²) >= 11 is 5.86. The molecule has 3 rings (SSSR count). The minimum Gasteiger partial charge on any atom is -0.394 e. The largest absolute Gasteiger partial charge is 0.394 e. The molecule has 10 nitrogen and oxygen atoms in total. The van der Waals surface area contributed by atoms with Crippen LogP contribution in [-0.4, -0.2) is 66.9 Å². The highest BCUT2D eigenvalue weighted by atomic mass is 35.5. The summed E-state index contributed by atoms with van der Waals surface area (Å²) in [5, 5.41) is 29.0. The van der Waals surface area contributed by atoms with Crippen LogP contribution in [0.1, 0.15) is 6.23 Å². The Kier molecular flexibility index (Phi) is 4.12. The molecule has 0 bridgehead atoms. The van der Waals surface area contributed by atoms with E-state index < -0.39 is 31.1 Å². The Bertz CT molecular complexity index is 682. The van der Waals surface area contributed by atoms with Crippen LogP contribution in [0.4, 0.5) is 5.82 Å². The second-order valence-electron chi connectivity index (χ2n) is 4.70. The summed E-state index contributed by atoms with van der Waals surface area (Å²) < 4.78 is 6.86. The summed E-state index contributed by atoms with van der Waals surface area (Å²) in [5.41, 5.74) is 3.17. The van der Waals surface area contributed by atoms with Crippen molar-refractivity contribution < 1.29 is 24.9 Å². The third-order valence-corrected chi connectivity index (χ3v) is 3.55. The van der Waals surface area contributed by atoms with E-state index in [4.69, 9.17) is 26.3 Å². The van der Waals surface area contributed by atoms with Crippen LogP contribution in [0.15, 0.2) is 6.33 Å². The Hall–Kier alpha value is -1.56. The molecule has 4 atom stereocenters. The fraction of sp³-hybridized carbons (Fsp3) is 0.545. The van der Waals surface area contributed by atoms with Crippen LogP contribution in [0.25, 0.3) is 11.2 Å². The van der Waals surface area contributed by atoms with E-state index in [0.717, 1.165) is 0 Å². The maximum atomic E-state index is 10.1. The molecule has 1 fully saturated rings. The van der Waals surface area contributed by atoms with Crippen LogP contribution >= 0.6 is 11.6 Å². The van der Waals surface area contributed by atoms with Gasteiger partial charge in [-0.15, -0.1) is 0 Å². The molecule has 0 saturated carbocycles. The molecule has 4 unspecified atom stereocenters. The maximum Gasteiger partial charge on any atom is 0.226 e. The van der Waals surface area contributed by atoms with Crippen molar-refractivity contribution in [2.24, 2.45) is 0 Å². The van der Waals surface area contributed by atoms with Crippen LogP contribution in [0.5, 0.6) is 0 Å². The first-order valence-electron chi connectivity index (χ1n) is 6.38. The zero-order chi connectivity index (χ0) is 15.9.